The third-order valence-electron chi connectivity index (χ3n) is 3.01. The Kier molecular flexibility index (Phi) is 5.07. The average Bonchev–Trinajstić information content (AvgIpc) is 2.88. The number of furan rings is 1. The summed E-state index contributed by atoms with van der Waals surface area (Å²) in [7, 11) is 1.35. The highest BCUT2D eigenvalue weighted by Gasteiger charge is 2.15. The van der Waals surface area contributed by atoms with Gasteiger partial charge in [-0.25, -0.2) is 4.79 Å². The topological polar surface area (TPSA) is 63.2 Å². The van der Waals surface area contributed by atoms with E-state index in [0.717, 1.165) is 17.1 Å². The quantitative estimate of drug-likeness (QED) is 0.788. The molecule has 0 radical (unpaired) electrons. The summed E-state index contributed by atoms with van der Waals surface area (Å²) in [6.45, 7) is 1.74. The van der Waals surface area contributed by atoms with E-state index in [0.29, 0.717) is 22.6 Å². The van der Waals surface area contributed by atoms with E-state index >= 15 is 0 Å². The minimum atomic E-state index is -0.387. The van der Waals surface area contributed by atoms with Crippen LogP contribution in [0.25, 0.3) is 0 Å². The number of hydrogen-bond donors (Lipinski definition) is 0. The van der Waals surface area contributed by atoms with Crippen LogP contribution in [0, 0.1) is 18.3 Å². The number of nitriles is 1. The number of methoxy groups -OCH3 is 1. The summed E-state index contributed by atoms with van der Waals surface area (Å²) in [5, 5.41) is 9.03. The molecule has 1 aromatic carbocycles. The van der Waals surface area contributed by atoms with E-state index in [9.17, 15) is 4.79 Å². The fraction of sp³-hybridized carbons (Fsp3) is 0.250. The number of aryl methyl sites for hydroxylation is 1. The zero-order valence-corrected chi connectivity index (χ0v) is 12.7. The third kappa shape index (κ3) is 3.67. The largest absolute Gasteiger partial charge is 0.465 e. The lowest BCUT2D eigenvalue weighted by Crippen LogP contribution is -2.00. The van der Waals surface area contributed by atoms with Crippen molar-refractivity contribution in [3.05, 3.63) is 58.5 Å². The molecule has 0 saturated heterocycles. The maximum Gasteiger partial charge on any atom is 0.341 e. The molecule has 5 heteroatoms. The third-order valence-corrected chi connectivity index (χ3v) is 4.02. The summed E-state index contributed by atoms with van der Waals surface area (Å²) in [6, 6.07) is 11.4. The molecular weight excluding hydrogens is 286 g/mol. The number of hydrogen-bond acceptors (Lipinski definition) is 5. The second kappa shape index (κ2) is 7.00. The fourth-order valence-corrected chi connectivity index (χ4v) is 2.86. The van der Waals surface area contributed by atoms with Crippen LogP contribution in [0.5, 0.6) is 0 Å². The first-order chi connectivity index (χ1) is 10.2. The first-order valence-electron chi connectivity index (χ1n) is 6.39. The maximum absolute atomic E-state index is 11.5. The van der Waals surface area contributed by atoms with Gasteiger partial charge in [0.1, 0.15) is 17.1 Å². The van der Waals surface area contributed by atoms with Gasteiger partial charge in [0.2, 0.25) is 0 Å². The molecule has 0 aliphatic rings. The van der Waals surface area contributed by atoms with Crippen molar-refractivity contribution in [2.24, 2.45) is 0 Å². The Balaban J connectivity index is 1.98. The first kappa shape index (κ1) is 15.2. The van der Waals surface area contributed by atoms with E-state index in [1.165, 1.54) is 7.11 Å². The van der Waals surface area contributed by atoms with E-state index in [2.05, 4.69) is 6.07 Å². The molecule has 21 heavy (non-hydrogen) atoms. The van der Waals surface area contributed by atoms with Crippen LogP contribution >= 0.6 is 11.8 Å². The van der Waals surface area contributed by atoms with Gasteiger partial charge >= 0.3 is 5.97 Å². The molecule has 2 rings (SSSR count). The van der Waals surface area contributed by atoms with Crippen molar-refractivity contribution in [1.82, 2.24) is 0 Å². The zero-order chi connectivity index (χ0) is 15.2. The summed E-state index contributed by atoms with van der Waals surface area (Å²) in [4.78, 5) is 11.5. The standard InChI is InChI=1S/C16H15NO3S/c1-11-15(16(18)19-2)7-14(20-11)10-21-9-13-6-4-3-5-12(13)8-17/h3-7H,9-10H2,1-2H3. The SMILES string of the molecule is COC(=O)c1cc(CSCc2ccccc2C#N)oc1C. The summed E-state index contributed by atoms with van der Waals surface area (Å²) >= 11 is 1.63. The molecule has 1 heterocycles. The van der Waals surface area contributed by atoms with Gasteiger partial charge < -0.3 is 9.15 Å². The molecule has 0 N–H and O–H groups in total. The maximum atomic E-state index is 11.5. The molecular formula is C16H15NO3S. The molecule has 0 aliphatic heterocycles. The average molecular weight is 301 g/mol. The number of carbonyl (C=O) groups excluding carboxylic acids is 1. The van der Waals surface area contributed by atoms with Gasteiger partial charge in [0.05, 0.1) is 24.5 Å². The van der Waals surface area contributed by atoms with Crippen molar-refractivity contribution in [3.63, 3.8) is 0 Å². The van der Waals surface area contributed by atoms with Crippen LogP contribution in [0.15, 0.2) is 34.7 Å². The lowest BCUT2D eigenvalue weighted by atomic mass is 10.1. The first-order valence-corrected chi connectivity index (χ1v) is 7.54. The normalized spacial score (nSPS) is 10.1. The Morgan fingerprint density at radius 3 is 2.86 bits per heavy atom. The highest BCUT2D eigenvalue weighted by molar-refractivity contribution is 7.97. The number of thioether (sulfide) groups is 1. The number of carbonyl (C=O) groups is 1. The molecule has 0 aliphatic carbocycles. The van der Waals surface area contributed by atoms with E-state index in [4.69, 9.17) is 14.4 Å². The highest BCUT2D eigenvalue weighted by Crippen LogP contribution is 2.23. The minimum absolute atomic E-state index is 0.387. The molecule has 1 aromatic heterocycles. The van der Waals surface area contributed by atoms with Gasteiger partial charge in [-0.15, -0.1) is 11.8 Å². The second-order valence-corrected chi connectivity index (χ2v) is 5.42. The van der Waals surface area contributed by atoms with Crippen molar-refractivity contribution < 1.29 is 13.9 Å². The molecule has 2 aromatic rings. The molecule has 0 spiro atoms. The van der Waals surface area contributed by atoms with E-state index in [1.807, 2.05) is 24.3 Å². The molecule has 0 bridgehead atoms. The van der Waals surface area contributed by atoms with Crippen LogP contribution in [0.1, 0.15) is 33.0 Å². The fourth-order valence-electron chi connectivity index (χ4n) is 1.94. The van der Waals surface area contributed by atoms with Crippen LogP contribution < -0.4 is 0 Å². The van der Waals surface area contributed by atoms with Gasteiger partial charge in [0, 0.05) is 5.75 Å². The van der Waals surface area contributed by atoms with Crippen molar-refractivity contribution in [2.75, 3.05) is 7.11 Å². The van der Waals surface area contributed by atoms with Crippen molar-refractivity contribution in [2.45, 2.75) is 18.4 Å². The monoisotopic (exact) mass is 301 g/mol. The number of esters is 1. The van der Waals surface area contributed by atoms with Crippen molar-refractivity contribution in [1.29, 1.82) is 5.26 Å². The highest BCUT2D eigenvalue weighted by atomic mass is 32.2. The molecule has 0 atom stereocenters. The summed E-state index contributed by atoms with van der Waals surface area (Å²) in [6.07, 6.45) is 0. The zero-order valence-electron chi connectivity index (χ0n) is 11.9. The second-order valence-electron chi connectivity index (χ2n) is 4.44. The van der Waals surface area contributed by atoms with E-state index in [1.54, 1.807) is 24.8 Å². The lowest BCUT2D eigenvalue weighted by molar-refractivity contribution is 0.0599. The molecule has 4 nitrogen and oxygen atoms in total. The lowest BCUT2D eigenvalue weighted by Gasteiger charge is -2.02. The Bertz CT molecular complexity index is 685. The summed E-state index contributed by atoms with van der Waals surface area (Å²) < 4.78 is 10.2. The van der Waals surface area contributed by atoms with Crippen LogP contribution in [-0.4, -0.2) is 13.1 Å². The number of nitrogens with zero attached hydrogens (tertiary/aromatic N) is 1. The van der Waals surface area contributed by atoms with Crippen LogP contribution in [0.3, 0.4) is 0 Å². The molecule has 0 unspecified atom stereocenters. The predicted molar refractivity (Wildman–Crippen MR) is 80.9 cm³/mol. The van der Waals surface area contributed by atoms with Crippen LogP contribution in [0.2, 0.25) is 0 Å². The van der Waals surface area contributed by atoms with Gasteiger partial charge in [-0.1, -0.05) is 18.2 Å². The summed E-state index contributed by atoms with van der Waals surface area (Å²) in [5.74, 6) is 2.26. The van der Waals surface area contributed by atoms with Gasteiger partial charge in [-0.05, 0) is 24.6 Å². The van der Waals surface area contributed by atoms with E-state index in [-0.39, 0.29) is 5.97 Å². The Morgan fingerprint density at radius 1 is 1.38 bits per heavy atom. The van der Waals surface area contributed by atoms with Gasteiger partial charge in [-0.2, -0.15) is 5.26 Å². The molecule has 0 saturated carbocycles. The van der Waals surface area contributed by atoms with Crippen molar-refractivity contribution >= 4 is 17.7 Å². The predicted octanol–water partition coefficient (Wildman–Crippen LogP) is 3.68. The summed E-state index contributed by atoms with van der Waals surface area (Å²) in [5.41, 5.74) is 2.16. The molecule has 0 amide bonds. The van der Waals surface area contributed by atoms with Crippen molar-refractivity contribution in [3.8, 4) is 6.07 Å². The molecule has 108 valence electrons. The van der Waals surface area contributed by atoms with Gasteiger partial charge in [0.15, 0.2) is 0 Å². The van der Waals surface area contributed by atoms with Gasteiger partial charge in [0.25, 0.3) is 0 Å². The Labute approximate surface area is 127 Å². The number of ether oxygens (including phenoxy) is 1. The molecule has 0 fully saturated rings. The van der Waals surface area contributed by atoms with E-state index < -0.39 is 0 Å². The Hall–Kier alpha value is -2.19. The number of rotatable bonds is 5. The van der Waals surface area contributed by atoms with Gasteiger partial charge in [-0.3, -0.25) is 0 Å². The smallest absolute Gasteiger partial charge is 0.341 e. The Morgan fingerprint density at radius 2 is 2.14 bits per heavy atom. The van der Waals surface area contributed by atoms with Crippen LogP contribution in [-0.2, 0) is 16.2 Å². The minimum Gasteiger partial charge on any atom is -0.465 e. The van der Waals surface area contributed by atoms with Crippen LogP contribution in [0.4, 0.5) is 0 Å². The number of benzene rings is 1.